The first-order chi connectivity index (χ1) is 16.3. The van der Waals surface area contributed by atoms with Crippen LogP contribution in [0, 0.1) is 0 Å². The van der Waals surface area contributed by atoms with Gasteiger partial charge in [0.15, 0.2) is 0 Å². The first kappa shape index (κ1) is 24.3. The smallest absolute Gasteiger partial charge is 0.271 e. The zero-order chi connectivity index (χ0) is 24.1. The molecule has 34 heavy (non-hydrogen) atoms. The van der Waals surface area contributed by atoms with Crippen LogP contribution in [0.1, 0.15) is 41.3 Å². The second-order valence-electron chi connectivity index (χ2n) is 8.59. The molecule has 0 saturated carbocycles. The van der Waals surface area contributed by atoms with E-state index in [1.165, 1.54) is 5.56 Å². The fourth-order valence-corrected chi connectivity index (χ4v) is 5.91. The predicted octanol–water partition coefficient (Wildman–Crippen LogP) is 4.01. The third-order valence-electron chi connectivity index (χ3n) is 5.82. The van der Waals surface area contributed by atoms with E-state index in [-0.39, 0.29) is 10.1 Å². The summed E-state index contributed by atoms with van der Waals surface area (Å²) in [5, 5.41) is 7.97. The number of piperazine rings is 1. The molecule has 3 N–H and O–H groups in total. The highest BCUT2D eigenvalue weighted by Gasteiger charge is 2.22. The van der Waals surface area contributed by atoms with E-state index in [1.807, 2.05) is 18.2 Å². The van der Waals surface area contributed by atoms with Crippen molar-refractivity contribution in [3.63, 3.8) is 0 Å². The van der Waals surface area contributed by atoms with E-state index < -0.39 is 10.0 Å². The number of amides is 1. The van der Waals surface area contributed by atoms with Crippen LogP contribution in [-0.4, -0.2) is 40.5 Å². The molecular weight excluding hydrogens is 468 g/mol. The van der Waals surface area contributed by atoms with Gasteiger partial charge in [-0.15, -0.1) is 11.3 Å². The lowest BCUT2D eigenvalue weighted by Gasteiger charge is -2.31. The van der Waals surface area contributed by atoms with Crippen LogP contribution >= 0.6 is 11.3 Å². The van der Waals surface area contributed by atoms with E-state index in [0.717, 1.165) is 48.8 Å². The van der Waals surface area contributed by atoms with Crippen LogP contribution in [0.15, 0.2) is 64.2 Å². The molecule has 1 aromatic heterocycles. The average molecular weight is 499 g/mol. The first-order valence-corrected chi connectivity index (χ1v) is 13.7. The van der Waals surface area contributed by atoms with Crippen LogP contribution in [-0.2, 0) is 16.6 Å². The molecule has 1 aliphatic rings. The van der Waals surface area contributed by atoms with Crippen LogP contribution in [0.5, 0.6) is 0 Å². The van der Waals surface area contributed by atoms with Crippen molar-refractivity contribution in [1.82, 2.24) is 10.6 Å². The van der Waals surface area contributed by atoms with Crippen molar-refractivity contribution in [3.05, 3.63) is 76.7 Å². The summed E-state index contributed by atoms with van der Waals surface area (Å²) in [6, 6.07) is 16.7. The molecular formula is C25H30N4O3S2. The third-order valence-corrected chi connectivity index (χ3v) is 8.58. The molecule has 1 aliphatic heterocycles. The number of thiophene rings is 1. The Morgan fingerprint density at radius 2 is 1.82 bits per heavy atom. The highest BCUT2D eigenvalue weighted by atomic mass is 32.2. The third kappa shape index (κ3) is 5.78. The van der Waals surface area contributed by atoms with Gasteiger partial charge in [0.1, 0.15) is 4.21 Å². The maximum atomic E-state index is 12.9. The Labute approximate surface area is 205 Å². The molecule has 0 aliphatic carbocycles. The maximum absolute atomic E-state index is 12.9. The Bertz CT molecular complexity index is 1220. The maximum Gasteiger partial charge on any atom is 0.271 e. The zero-order valence-corrected chi connectivity index (χ0v) is 21.0. The molecule has 1 fully saturated rings. The SMILES string of the molecule is CC(C)c1ccc(CNC(=O)c2ccc(N3CCNCC3)c(NS(=O)(=O)c3cccs3)c2)cc1. The lowest BCUT2D eigenvalue weighted by Crippen LogP contribution is -2.43. The van der Waals surface area contributed by atoms with Crippen molar-refractivity contribution in [2.24, 2.45) is 0 Å². The van der Waals surface area contributed by atoms with E-state index in [9.17, 15) is 13.2 Å². The summed E-state index contributed by atoms with van der Waals surface area (Å²) in [5.74, 6) is 0.200. The molecule has 0 bridgehead atoms. The Hall–Kier alpha value is -2.88. The normalized spacial score (nSPS) is 14.3. The highest BCUT2D eigenvalue weighted by molar-refractivity contribution is 7.94. The molecule has 1 saturated heterocycles. The Morgan fingerprint density at radius 3 is 2.47 bits per heavy atom. The summed E-state index contributed by atoms with van der Waals surface area (Å²) in [5.41, 5.74) is 3.84. The summed E-state index contributed by atoms with van der Waals surface area (Å²) in [6.07, 6.45) is 0. The van der Waals surface area contributed by atoms with Crippen molar-refractivity contribution in [2.45, 2.75) is 30.5 Å². The van der Waals surface area contributed by atoms with Gasteiger partial charge in [0.05, 0.1) is 11.4 Å². The van der Waals surface area contributed by atoms with E-state index in [1.54, 1.807) is 29.6 Å². The largest absolute Gasteiger partial charge is 0.367 e. The van der Waals surface area contributed by atoms with E-state index in [0.29, 0.717) is 23.7 Å². The zero-order valence-electron chi connectivity index (χ0n) is 19.4. The average Bonchev–Trinajstić information content (AvgIpc) is 3.39. The van der Waals surface area contributed by atoms with Gasteiger partial charge in [-0.2, -0.15) is 0 Å². The van der Waals surface area contributed by atoms with Gasteiger partial charge in [0.25, 0.3) is 15.9 Å². The number of nitrogens with one attached hydrogen (secondary N) is 3. The molecule has 4 rings (SSSR count). The Balaban J connectivity index is 1.55. The fourth-order valence-electron chi connectivity index (χ4n) is 3.86. The second-order valence-corrected chi connectivity index (χ2v) is 11.4. The molecule has 180 valence electrons. The summed E-state index contributed by atoms with van der Waals surface area (Å²) >= 11 is 1.16. The number of rotatable bonds is 8. The molecule has 2 heterocycles. The summed E-state index contributed by atoms with van der Waals surface area (Å²) in [7, 11) is -3.75. The van der Waals surface area contributed by atoms with Gasteiger partial charge in [0, 0.05) is 38.3 Å². The molecule has 3 aromatic rings. The molecule has 9 heteroatoms. The van der Waals surface area contributed by atoms with Crippen LogP contribution < -0.4 is 20.3 Å². The van der Waals surface area contributed by atoms with Gasteiger partial charge in [-0.05, 0) is 46.7 Å². The molecule has 0 unspecified atom stereocenters. The van der Waals surface area contributed by atoms with E-state index in [2.05, 4.69) is 46.2 Å². The number of hydrogen-bond acceptors (Lipinski definition) is 6. The van der Waals surface area contributed by atoms with Gasteiger partial charge in [-0.3, -0.25) is 9.52 Å². The lowest BCUT2D eigenvalue weighted by atomic mass is 10.0. The van der Waals surface area contributed by atoms with Crippen LogP contribution in [0.2, 0.25) is 0 Å². The quantitative estimate of drug-likeness (QED) is 0.437. The Morgan fingerprint density at radius 1 is 1.09 bits per heavy atom. The molecule has 0 atom stereocenters. The number of benzene rings is 2. The van der Waals surface area contributed by atoms with E-state index >= 15 is 0 Å². The number of carbonyl (C=O) groups is 1. The summed E-state index contributed by atoms with van der Waals surface area (Å²) < 4.78 is 28.8. The molecule has 0 spiro atoms. The fraction of sp³-hybridized carbons (Fsp3) is 0.320. The van der Waals surface area contributed by atoms with Crippen molar-refractivity contribution >= 4 is 38.6 Å². The number of hydrogen-bond donors (Lipinski definition) is 3. The Kier molecular flexibility index (Phi) is 7.55. The molecule has 2 aromatic carbocycles. The van der Waals surface area contributed by atoms with Gasteiger partial charge in [0.2, 0.25) is 0 Å². The van der Waals surface area contributed by atoms with Gasteiger partial charge < -0.3 is 15.5 Å². The van der Waals surface area contributed by atoms with Gasteiger partial charge >= 0.3 is 0 Å². The minimum Gasteiger partial charge on any atom is -0.367 e. The number of carbonyl (C=O) groups excluding carboxylic acids is 1. The van der Waals surface area contributed by atoms with Crippen molar-refractivity contribution < 1.29 is 13.2 Å². The highest BCUT2D eigenvalue weighted by Crippen LogP contribution is 2.31. The second kappa shape index (κ2) is 10.6. The standard InChI is InChI=1S/C25H30N4O3S2/c1-18(2)20-7-5-19(6-8-20)17-27-25(30)21-9-10-23(29-13-11-26-12-14-29)22(16-21)28-34(31,32)24-4-3-15-33-24/h3-10,15-16,18,26,28H,11-14,17H2,1-2H3,(H,27,30). The van der Waals surface area contributed by atoms with Gasteiger partial charge in [-0.25, -0.2) is 8.42 Å². The van der Waals surface area contributed by atoms with Gasteiger partial charge in [-0.1, -0.05) is 44.2 Å². The topological polar surface area (TPSA) is 90.5 Å². The number of sulfonamides is 1. The van der Waals surface area contributed by atoms with Crippen molar-refractivity contribution in [2.75, 3.05) is 35.8 Å². The predicted molar refractivity (Wildman–Crippen MR) is 138 cm³/mol. The molecule has 7 nitrogen and oxygen atoms in total. The van der Waals surface area contributed by atoms with Crippen LogP contribution in [0.4, 0.5) is 11.4 Å². The first-order valence-electron chi connectivity index (χ1n) is 11.4. The molecule has 0 radical (unpaired) electrons. The minimum absolute atomic E-state index is 0.235. The van der Waals surface area contributed by atoms with Crippen molar-refractivity contribution in [1.29, 1.82) is 0 Å². The van der Waals surface area contributed by atoms with Crippen LogP contribution in [0.3, 0.4) is 0 Å². The lowest BCUT2D eigenvalue weighted by molar-refractivity contribution is 0.0951. The summed E-state index contributed by atoms with van der Waals surface area (Å²) in [6.45, 7) is 7.82. The summed E-state index contributed by atoms with van der Waals surface area (Å²) in [4.78, 5) is 15.0. The molecule has 1 amide bonds. The van der Waals surface area contributed by atoms with Crippen molar-refractivity contribution in [3.8, 4) is 0 Å². The van der Waals surface area contributed by atoms with Crippen LogP contribution in [0.25, 0.3) is 0 Å². The monoisotopic (exact) mass is 498 g/mol. The minimum atomic E-state index is -3.75. The number of nitrogens with zero attached hydrogens (tertiary/aromatic N) is 1. The number of anilines is 2. The van der Waals surface area contributed by atoms with E-state index in [4.69, 9.17) is 0 Å².